The van der Waals surface area contributed by atoms with Crippen LogP contribution in [0.4, 0.5) is 0 Å². The van der Waals surface area contributed by atoms with Crippen molar-refractivity contribution in [1.82, 2.24) is 4.90 Å². The van der Waals surface area contributed by atoms with Crippen molar-refractivity contribution < 1.29 is 4.42 Å². The highest BCUT2D eigenvalue weighted by Crippen LogP contribution is 2.29. The zero-order chi connectivity index (χ0) is 13.9. The average molecular weight is 272 g/mol. The van der Waals surface area contributed by atoms with Crippen LogP contribution in [0, 0.1) is 5.92 Å². The fraction of sp³-hybridized carbons (Fsp3) is 0.529. The van der Waals surface area contributed by atoms with E-state index in [0.717, 1.165) is 23.8 Å². The van der Waals surface area contributed by atoms with Crippen LogP contribution in [0.5, 0.6) is 0 Å². The van der Waals surface area contributed by atoms with Crippen molar-refractivity contribution in [1.29, 1.82) is 0 Å². The summed E-state index contributed by atoms with van der Waals surface area (Å²) in [6.45, 7) is 6.16. The topological polar surface area (TPSA) is 42.4 Å². The molecule has 1 aromatic carbocycles. The van der Waals surface area contributed by atoms with Gasteiger partial charge in [-0.25, -0.2) is 0 Å². The third kappa shape index (κ3) is 2.60. The summed E-state index contributed by atoms with van der Waals surface area (Å²) < 4.78 is 5.88. The van der Waals surface area contributed by atoms with Crippen LogP contribution in [0.15, 0.2) is 28.7 Å². The molecular weight excluding hydrogens is 248 g/mol. The minimum atomic E-state index is 0.482. The average Bonchev–Trinajstić information content (AvgIpc) is 3.05. The van der Waals surface area contributed by atoms with Crippen LogP contribution in [0.3, 0.4) is 0 Å². The first kappa shape index (κ1) is 13.7. The molecule has 0 saturated carbocycles. The molecule has 1 fully saturated rings. The van der Waals surface area contributed by atoms with Gasteiger partial charge in [-0.1, -0.05) is 31.5 Å². The second-order valence-electron chi connectivity index (χ2n) is 5.88. The van der Waals surface area contributed by atoms with Crippen LogP contribution in [0.2, 0.25) is 0 Å². The number of para-hydroxylation sites is 1. The number of nitrogens with zero attached hydrogens (tertiary/aromatic N) is 1. The number of rotatable bonds is 5. The molecule has 2 N–H and O–H groups in total. The van der Waals surface area contributed by atoms with Gasteiger partial charge in [0.05, 0.1) is 6.54 Å². The Labute approximate surface area is 120 Å². The Morgan fingerprint density at radius 3 is 3.00 bits per heavy atom. The molecule has 1 saturated heterocycles. The zero-order valence-corrected chi connectivity index (χ0v) is 12.3. The summed E-state index contributed by atoms with van der Waals surface area (Å²) >= 11 is 0. The molecule has 2 heterocycles. The Bertz CT molecular complexity index is 575. The van der Waals surface area contributed by atoms with Gasteiger partial charge >= 0.3 is 0 Å². The molecule has 1 unspecified atom stereocenters. The third-order valence-electron chi connectivity index (χ3n) is 4.42. The van der Waals surface area contributed by atoms with Crippen LogP contribution in [0.25, 0.3) is 11.0 Å². The Morgan fingerprint density at radius 1 is 1.35 bits per heavy atom. The number of hydrogen-bond donors (Lipinski definition) is 1. The molecule has 0 radical (unpaired) electrons. The van der Waals surface area contributed by atoms with E-state index >= 15 is 0 Å². The van der Waals surface area contributed by atoms with Gasteiger partial charge in [0.2, 0.25) is 0 Å². The molecule has 3 nitrogen and oxygen atoms in total. The second-order valence-corrected chi connectivity index (χ2v) is 5.88. The first-order valence-electron chi connectivity index (χ1n) is 7.73. The highest BCUT2D eigenvalue weighted by Gasteiger charge is 2.24. The quantitative estimate of drug-likeness (QED) is 0.905. The van der Waals surface area contributed by atoms with Crippen molar-refractivity contribution in [3.63, 3.8) is 0 Å². The summed E-state index contributed by atoms with van der Waals surface area (Å²) in [5.74, 6) is 1.82. The summed E-state index contributed by atoms with van der Waals surface area (Å²) in [5, 5.41) is 1.23. The van der Waals surface area contributed by atoms with E-state index in [1.165, 1.54) is 43.3 Å². The van der Waals surface area contributed by atoms with E-state index in [1.54, 1.807) is 0 Å². The lowest BCUT2D eigenvalue weighted by atomic mass is 10.0. The van der Waals surface area contributed by atoms with E-state index < -0.39 is 0 Å². The van der Waals surface area contributed by atoms with Crippen molar-refractivity contribution >= 4 is 11.0 Å². The fourth-order valence-electron chi connectivity index (χ4n) is 3.41. The van der Waals surface area contributed by atoms with Gasteiger partial charge in [0.25, 0.3) is 0 Å². The maximum atomic E-state index is 5.88. The number of nitrogens with two attached hydrogens (primary N) is 1. The van der Waals surface area contributed by atoms with Gasteiger partial charge in [0, 0.05) is 24.0 Å². The Kier molecular flexibility index (Phi) is 4.08. The Balaban J connectivity index is 1.80. The van der Waals surface area contributed by atoms with E-state index in [2.05, 4.69) is 24.0 Å². The fourth-order valence-corrected chi connectivity index (χ4v) is 3.41. The van der Waals surface area contributed by atoms with E-state index in [-0.39, 0.29) is 0 Å². The maximum Gasteiger partial charge on any atom is 0.134 e. The van der Waals surface area contributed by atoms with Crippen molar-refractivity contribution in [2.45, 2.75) is 39.3 Å². The summed E-state index contributed by atoms with van der Waals surface area (Å²) in [6.07, 6.45) is 3.98. The molecule has 1 aliphatic heterocycles. The summed E-state index contributed by atoms with van der Waals surface area (Å²) in [7, 11) is 0. The lowest BCUT2D eigenvalue weighted by Gasteiger charge is -2.16. The molecule has 3 heteroatoms. The molecule has 20 heavy (non-hydrogen) atoms. The van der Waals surface area contributed by atoms with Crippen molar-refractivity contribution in [2.24, 2.45) is 11.7 Å². The highest BCUT2D eigenvalue weighted by molar-refractivity contribution is 5.82. The van der Waals surface area contributed by atoms with Gasteiger partial charge < -0.3 is 10.2 Å². The summed E-state index contributed by atoms with van der Waals surface area (Å²) in [6, 6.07) is 8.27. The largest absolute Gasteiger partial charge is 0.459 e. The normalized spacial score (nSPS) is 20.0. The van der Waals surface area contributed by atoms with Crippen LogP contribution in [-0.4, -0.2) is 18.0 Å². The smallest absolute Gasteiger partial charge is 0.134 e. The van der Waals surface area contributed by atoms with E-state index in [9.17, 15) is 0 Å². The van der Waals surface area contributed by atoms with Gasteiger partial charge in [-0.2, -0.15) is 0 Å². The molecule has 1 aromatic heterocycles. The monoisotopic (exact) mass is 272 g/mol. The van der Waals surface area contributed by atoms with Gasteiger partial charge in [-0.05, 0) is 31.4 Å². The lowest BCUT2D eigenvalue weighted by molar-refractivity contribution is 0.310. The van der Waals surface area contributed by atoms with E-state index in [4.69, 9.17) is 10.2 Å². The number of hydrogen-bond acceptors (Lipinski definition) is 3. The molecule has 1 aliphatic rings. The number of furan rings is 1. The highest BCUT2D eigenvalue weighted by atomic mass is 16.3. The first-order valence-corrected chi connectivity index (χ1v) is 7.73. The Morgan fingerprint density at radius 2 is 2.20 bits per heavy atom. The van der Waals surface area contributed by atoms with E-state index in [1.807, 2.05) is 12.1 Å². The van der Waals surface area contributed by atoms with Crippen molar-refractivity contribution in [2.75, 3.05) is 13.1 Å². The molecule has 0 amide bonds. The van der Waals surface area contributed by atoms with E-state index in [0.29, 0.717) is 6.54 Å². The van der Waals surface area contributed by atoms with Crippen molar-refractivity contribution in [3.8, 4) is 0 Å². The van der Waals surface area contributed by atoms with Gasteiger partial charge in [0.15, 0.2) is 0 Å². The standard InChI is InChI=1S/C17H24N2O/c1-2-5-13-8-9-19(11-13)12-15-14-6-3-4-7-16(14)20-17(15)10-18/h3-4,6-7,13H,2,5,8-12,18H2,1H3. The Hall–Kier alpha value is -1.32. The van der Waals surface area contributed by atoms with Crippen molar-refractivity contribution in [3.05, 3.63) is 35.6 Å². The number of likely N-dealkylation sites (tertiary alicyclic amines) is 1. The molecule has 0 bridgehead atoms. The lowest BCUT2D eigenvalue weighted by Crippen LogP contribution is -2.21. The zero-order valence-electron chi connectivity index (χ0n) is 12.3. The maximum absolute atomic E-state index is 5.88. The van der Waals surface area contributed by atoms with Crippen LogP contribution >= 0.6 is 0 Å². The predicted molar refractivity (Wildman–Crippen MR) is 82.4 cm³/mol. The summed E-state index contributed by atoms with van der Waals surface area (Å²) in [4.78, 5) is 2.55. The predicted octanol–water partition coefficient (Wildman–Crippen LogP) is 3.51. The molecule has 0 aliphatic carbocycles. The second kappa shape index (κ2) is 5.98. The van der Waals surface area contributed by atoms with Gasteiger partial charge in [-0.3, -0.25) is 4.90 Å². The van der Waals surface area contributed by atoms with Crippen LogP contribution in [-0.2, 0) is 13.1 Å². The molecule has 1 atom stereocenters. The summed E-state index contributed by atoms with van der Waals surface area (Å²) in [5.41, 5.74) is 8.11. The van der Waals surface area contributed by atoms with Crippen LogP contribution < -0.4 is 5.73 Å². The minimum Gasteiger partial charge on any atom is -0.459 e. The SMILES string of the molecule is CCCC1CCN(Cc2c(CN)oc3ccccc23)C1. The molecular formula is C17H24N2O. The first-order chi connectivity index (χ1) is 9.81. The van der Waals surface area contributed by atoms with Crippen LogP contribution in [0.1, 0.15) is 37.5 Å². The number of benzene rings is 1. The molecule has 108 valence electrons. The number of fused-ring (bicyclic) bond motifs is 1. The van der Waals surface area contributed by atoms with Gasteiger partial charge in [0.1, 0.15) is 11.3 Å². The minimum absolute atomic E-state index is 0.482. The molecule has 2 aromatic rings. The molecule has 3 rings (SSSR count). The molecule has 0 spiro atoms. The third-order valence-corrected chi connectivity index (χ3v) is 4.42. The van der Waals surface area contributed by atoms with Gasteiger partial charge in [-0.15, -0.1) is 0 Å².